The number of sulfone groups is 1. The van der Waals surface area contributed by atoms with Crippen LogP contribution in [-0.2, 0) is 19.9 Å². The summed E-state index contributed by atoms with van der Waals surface area (Å²) in [6.07, 6.45) is 0.238. The van der Waals surface area contributed by atoms with Crippen molar-refractivity contribution in [2.75, 3.05) is 18.3 Å². The lowest BCUT2D eigenvalue weighted by molar-refractivity contribution is 0.0734. The first-order valence-corrected chi connectivity index (χ1v) is 12.0. The van der Waals surface area contributed by atoms with Crippen LogP contribution < -0.4 is 18.9 Å². The molecule has 29 heavy (non-hydrogen) atoms. The third-order valence-corrected chi connectivity index (χ3v) is 7.81. The highest BCUT2D eigenvalue weighted by Gasteiger charge is 2.31. The minimum Gasteiger partial charge on any atom is -0.454 e. The molecular weight excluding hydrogens is 422 g/mol. The Hall–Kier alpha value is -2.63. The van der Waals surface area contributed by atoms with E-state index in [2.05, 4.69) is 4.72 Å². The van der Waals surface area contributed by atoms with E-state index in [9.17, 15) is 21.6 Å². The van der Waals surface area contributed by atoms with E-state index in [0.29, 0.717) is 11.5 Å². The summed E-state index contributed by atoms with van der Waals surface area (Å²) in [6.45, 7) is 0.101. The quantitative estimate of drug-likeness (QED) is 0.542. The maximum absolute atomic E-state index is 12.4. The number of nitrogens with one attached hydrogen (secondary N) is 1. The average Bonchev–Trinajstić information content (AvgIpc) is 3.26. The number of hydrogen-bond donors (Lipinski definition) is 1. The van der Waals surface area contributed by atoms with Gasteiger partial charge in [-0.15, -0.1) is 0 Å². The molecule has 1 N–H and O–H groups in total. The maximum atomic E-state index is 12.4. The Morgan fingerprint density at radius 1 is 1.07 bits per heavy atom. The summed E-state index contributed by atoms with van der Waals surface area (Å²) < 4.78 is 65.9. The van der Waals surface area contributed by atoms with Crippen molar-refractivity contribution in [3.05, 3.63) is 48.0 Å². The fourth-order valence-electron chi connectivity index (χ4n) is 3.05. The number of benzene rings is 2. The number of hydrogen-bond acceptors (Lipinski definition) is 8. The molecule has 154 valence electrons. The second kappa shape index (κ2) is 7.32. The standard InChI is InChI=1S/C18H17NO8S2/c20-18(27-14-3-6-16-17(9-14)26-11-25-16)12-1-4-15(5-2-12)29(23,24)19-13-7-8-28(21,22)10-13/h1-6,9,13,19H,7-8,10-11H2. The van der Waals surface area contributed by atoms with Gasteiger partial charge >= 0.3 is 5.97 Å². The van der Waals surface area contributed by atoms with Crippen LogP contribution in [0.15, 0.2) is 47.4 Å². The lowest BCUT2D eigenvalue weighted by Crippen LogP contribution is -2.35. The number of fused-ring (bicyclic) bond motifs is 1. The van der Waals surface area contributed by atoms with Gasteiger partial charge in [0.05, 0.1) is 22.0 Å². The molecule has 0 amide bonds. The van der Waals surface area contributed by atoms with Crippen molar-refractivity contribution in [1.82, 2.24) is 4.72 Å². The highest BCUT2D eigenvalue weighted by Crippen LogP contribution is 2.35. The molecule has 9 nitrogen and oxygen atoms in total. The number of rotatable bonds is 5. The molecule has 0 aliphatic carbocycles. The number of carbonyl (C=O) groups is 1. The van der Waals surface area contributed by atoms with Crippen LogP contribution in [0.2, 0.25) is 0 Å². The Balaban J connectivity index is 1.43. The van der Waals surface area contributed by atoms with E-state index in [1.807, 2.05) is 0 Å². The molecule has 0 spiro atoms. The SMILES string of the molecule is O=C(Oc1ccc2c(c1)OCO2)c1ccc(S(=O)(=O)NC2CCS(=O)(=O)C2)cc1. The Kier molecular flexibility index (Phi) is 4.97. The van der Waals surface area contributed by atoms with Gasteiger partial charge in [-0.05, 0) is 42.8 Å². The van der Waals surface area contributed by atoms with Crippen molar-refractivity contribution in [3.8, 4) is 17.2 Å². The maximum Gasteiger partial charge on any atom is 0.343 e. The molecule has 2 aromatic rings. The third kappa shape index (κ3) is 4.36. The van der Waals surface area contributed by atoms with E-state index in [1.165, 1.54) is 30.3 Å². The Morgan fingerprint density at radius 3 is 2.48 bits per heavy atom. The largest absolute Gasteiger partial charge is 0.454 e. The van der Waals surface area contributed by atoms with Gasteiger partial charge in [0.15, 0.2) is 21.3 Å². The molecule has 1 saturated heterocycles. The first-order chi connectivity index (χ1) is 13.7. The zero-order valence-electron chi connectivity index (χ0n) is 15.0. The zero-order chi connectivity index (χ0) is 20.6. The smallest absolute Gasteiger partial charge is 0.343 e. The molecule has 0 radical (unpaired) electrons. The van der Waals surface area contributed by atoms with E-state index >= 15 is 0 Å². The average molecular weight is 439 g/mol. The molecule has 0 aromatic heterocycles. The monoisotopic (exact) mass is 439 g/mol. The summed E-state index contributed by atoms with van der Waals surface area (Å²) in [6, 6.07) is 9.24. The van der Waals surface area contributed by atoms with Crippen molar-refractivity contribution in [1.29, 1.82) is 0 Å². The van der Waals surface area contributed by atoms with Crippen LogP contribution in [0, 0.1) is 0 Å². The summed E-state index contributed by atoms with van der Waals surface area (Å²) in [5.41, 5.74) is 0.157. The van der Waals surface area contributed by atoms with E-state index in [0.717, 1.165) is 0 Å². The third-order valence-electron chi connectivity index (χ3n) is 4.51. The Morgan fingerprint density at radius 2 is 1.79 bits per heavy atom. The molecule has 2 aliphatic rings. The van der Waals surface area contributed by atoms with Gasteiger partial charge in [0.1, 0.15) is 5.75 Å². The van der Waals surface area contributed by atoms with Gasteiger partial charge < -0.3 is 14.2 Å². The van der Waals surface area contributed by atoms with Crippen LogP contribution in [-0.4, -0.2) is 47.1 Å². The van der Waals surface area contributed by atoms with Crippen molar-refractivity contribution in [3.63, 3.8) is 0 Å². The Bertz CT molecular complexity index is 1160. The molecule has 1 fully saturated rings. The normalized spacial score (nSPS) is 19.8. The van der Waals surface area contributed by atoms with Gasteiger partial charge in [-0.1, -0.05) is 0 Å². The topological polar surface area (TPSA) is 125 Å². The molecule has 0 bridgehead atoms. The van der Waals surface area contributed by atoms with Gasteiger partial charge in [-0.3, -0.25) is 0 Å². The van der Waals surface area contributed by atoms with Crippen LogP contribution in [0.1, 0.15) is 16.8 Å². The number of carbonyl (C=O) groups excluding carboxylic acids is 1. The summed E-state index contributed by atoms with van der Waals surface area (Å²) in [4.78, 5) is 12.2. The van der Waals surface area contributed by atoms with Gasteiger partial charge in [0, 0.05) is 12.1 Å². The molecule has 2 aliphatic heterocycles. The molecule has 4 rings (SSSR count). The first kappa shape index (κ1) is 19.7. The minimum absolute atomic E-state index is 0.0369. The number of sulfonamides is 1. The van der Waals surface area contributed by atoms with Crippen molar-refractivity contribution >= 4 is 25.8 Å². The van der Waals surface area contributed by atoms with Crippen molar-refractivity contribution < 1.29 is 35.8 Å². The summed E-state index contributed by atoms with van der Waals surface area (Å²) in [5.74, 6) is 0.373. The number of ether oxygens (including phenoxy) is 3. The van der Waals surface area contributed by atoms with Crippen molar-refractivity contribution in [2.45, 2.75) is 17.4 Å². The van der Waals surface area contributed by atoms with Crippen LogP contribution >= 0.6 is 0 Å². The van der Waals surface area contributed by atoms with Gasteiger partial charge in [0.2, 0.25) is 16.8 Å². The molecular formula is C18H17NO8S2. The lowest BCUT2D eigenvalue weighted by Gasteiger charge is -2.12. The fourth-order valence-corrected chi connectivity index (χ4v) is 6.10. The molecule has 2 aromatic carbocycles. The number of esters is 1. The van der Waals surface area contributed by atoms with Crippen LogP contribution in [0.25, 0.3) is 0 Å². The molecule has 0 saturated carbocycles. The first-order valence-electron chi connectivity index (χ1n) is 8.66. The van der Waals surface area contributed by atoms with E-state index < -0.39 is 31.9 Å². The van der Waals surface area contributed by atoms with Gasteiger partial charge in [0.25, 0.3) is 0 Å². The lowest BCUT2D eigenvalue weighted by atomic mass is 10.2. The van der Waals surface area contributed by atoms with Gasteiger partial charge in [-0.2, -0.15) is 0 Å². The van der Waals surface area contributed by atoms with Crippen LogP contribution in [0.5, 0.6) is 17.2 Å². The highest BCUT2D eigenvalue weighted by molar-refractivity contribution is 7.92. The second-order valence-corrected chi connectivity index (χ2v) is 10.6. The minimum atomic E-state index is -3.90. The molecule has 2 heterocycles. The van der Waals surface area contributed by atoms with E-state index in [-0.39, 0.29) is 40.9 Å². The summed E-state index contributed by atoms with van der Waals surface area (Å²) >= 11 is 0. The second-order valence-electron chi connectivity index (χ2n) is 6.65. The van der Waals surface area contributed by atoms with E-state index in [1.54, 1.807) is 12.1 Å². The molecule has 1 unspecified atom stereocenters. The van der Waals surface area contributed by atoms with E-state index in [4.69, 9.17) is 14.2 Å². The van der Waals surface area contributed by atoms with Gasteiger partial charge in [-0.25, -0.2) is 26.4 Å². The molecule has 11 heteroatoms. The summed E-state index contributed by atoms with van der Waals surface area (Å²) in [5, 5.41) is 0. The molecule has 1 atom stereocenters. The fraction of sp³-hybridized carbons (Fsp3) is 0.278. The van der Waals surface area contributed by atoms with Crippen molar-refractivity contribution in [2.24, 2.45) is 0 Å². The van der Waals surface area contributed by atoms with Crippen LogP contribution in [0.4, 0.5) is 0 Å². The predicted octanol–water partition coefficient (Wildman–Crippen LogP) is 1.10. The Labute approximate surface area is 167 Å². The van der Waals surface area contributed by atoms with Crippen LogP contribution in [0.3, 0.4) is 0 Å². The summed E-state index contributed by atoms with van der Waals surface area (Å²) in [7, 11) is -7.11. The zero-order valence-corrected chi connectivity index (χ0v) is 16.7. The predicted molar refractivity (Wildman–Crippen MR) is 101 cm³/mol. The highest BCUT2D eigenvalue weighted by atomic mass is 32.2.